The first-order valence-electron chi connectivity index (χ1n) is 12.3. The maximum Gasteiger partial charge on any atom is 0.240 e. The van der Waals surface area contributed by atoms with E-state index in [2.05, 4.69) is 5.10 Å². The molecule has 1 saturated carbocycles. The Morgan fingerprint density at radius 3 is 2.30 bits per heavy atom. The number of rotatable bonds is 6. The number of nitrogens with zero attached hydrogens (tertiary/aromatic N) is 3. The molecule has 1 aliphatic carbocycles. The van der Waals surface area contributed by atoms with E-state index in [0.717, 1.165) is 5.56 Å². The van der Waals surface area contributed by atoms with Crippen molar-refractivity contribution in [2.24, 2.45) is 24.6 Å². The van der Waals surface area contributed by atoms with Crippen molar-refractivity contribution in [3.8, 4) is 0 Å². The summed E-state index contributed by atoms with van der Waals surface area (Å²) in [4.78, 5) is 42.7. The van der Waals surface area contributed by atoms with E-state index in [-0.39, 0.29) is 22.8 Å². The molecule has 0 radical (unpaired) electrons. The fourth-order valence-electron chi connectivity index (χ4n) is 5.71. The van der Waals surface area contributed by atoms with E-state index in [1.165, 1.54) is 21.7 Å². The Kier molecular flexibility index (Phi) is 6.40. The van der Waals surface area contributed by atoms with Gasteiger partial charge in [-0.25, -0.2) is 4.39 Å². The fourth-order valence-corrected chi connectivity index (χ4v) is 6.00. The highest BCUT2D eigenvalue weighted by Gasteiger charge is 2.59. The molecular weight excluding hydrogens is 495 g/mol. The predicted octanol–water partition coefficient (Wildman–Crippen LogP) is 4.26. The second-order valence-electron chi connectivity index (χ2n) is 10.1. The summed E-state index contributed by atoms with van der Waals surface area (Å²) in [5, 5.41) is 4.72. The molecule has 3 aromatic rings. The van der Waals surface area contributed by atoms with Crippen LogP contribution in [-0.2, 0) is 16.6 Å². The lowest BCUT2D eigenvalue weighted by molar-refractivity contribution is -0.140. The number of hydrogen-bond donors (Lipinski definition) is 1. The number of primary amides is 1. The van der Waals surface area contributed by atoms with Crippen molar-refractivity contribution in [2.45, 2.75) is 44.7 Å². The van der Waals surface area contributed by atoms with Gasteiger partial charge in [0.1, 0.15) is 17.0 Å². The molecule has 192 valence electrons. The Balaban J connectivity index is 1.79. The number of carbonyl (C=O) groups excluding carboxylic acids is 3. The normalized spacial score (nSPS) is 23.3. The highest BCUT2D eigenvalue weighted by molar-refractivity contribution is 6.30. The van der Waals surface area contributed by atoms with Crippen LogP contribution in [-0.4, -0.2) is 38.3 Å². The van der Waals surface area contributed by atoms with Crippen LogP contribution < -0.4 is 5.73 Å². The van der Waals surface area contributed by atoms with Crippen LogP contribution >= 0.6 is 11.6 Å². The molecule has 2 N–H and O–H groups in total. The van der Waals surface area contributed by atoms with Crippen molar-refractivity contribution in [3.63, 3.8) is 0 Å². The molecule has 2 aliphatic rings. The van der Waals surface area contributed by atoms with Gasteiger partial charge in [-0.1, -0.05) is 47.5 Å². The second kappa shape index (κ2) is 9.41. The van der Waals surface area contributed by atoms with E-state index >= 15 is 0 Å². The molecule has 2 heterocycles. The molecule has 1 saturated heterocycles. The SMILES string of the molecule is Cc1cccc(C(=O)C2C(c3ccc(F)cc3)C(C(N)=O)N(C(=O)C3CC3)C2c2c(C)nn(C)c2Cl)c1. The lowest BCUT2D eigenvalue weighted by Gasteiger charge is -2.31. The van der Waals surface area contributed by atoms with Crippen molar-refractivity contribution in [1.29, 1.82) is 0 Å². The maximum absolute atomic E-state index is 14.4. The topological polar surface area (TPSA) is 98.3 Å². The van der Waals surface area contributed by atoms with E-state index in [1.54, 1.807) is 44.3 Å². The van der Waals surface area contributed by atoms with Crippen LogP contribution in [0.3, 0.4) is 0 Å². The number of nitrogens with two attached hydrogens (primary N) is 1. The highest BCUT2D eigenvalue weighted by Crippen LogP contribution is 2.54. The third-order valence-corrected chi connectivity index (χ3v) is 7.94. The predicted molar refractivity (Wildman–Crippen MR) is 136 cm³/mol. The molecule has 37 heavy (non-hydrogen) atoms. The van der Waals surface area contributed by atoms with Crippen LogP contribution in [0.2, 0.25) is 5.15 Å². The summed E-state index contributed by atoms with van der Waals surface area (Å²) in [6, 6.07) is 10.8. The molecular formula is C28H28ClFN4O3. The Hall–Kier alpha value is -3.52. The zero-order chi connectivity index (χ0) is 26.6. The molecule has 2 aromatic carbocycles. The molecule has 4 atom stereocenters. The quantitative estimate of drug-likeness (QED) is 0.489. The lowest BCUT2D eigenvalue weighted by Crippen LogP contribution is -2.47. The summed E-state index contributed by atoms with van der Waals surface area (Å²) in [5.74, 6) is -3.64. The maximum atomic E-state index is 14.4. The number of aromatic nitrogens is 2. The number of benzene rings is 2. The summed E-state index contributed by atoms with van der Waals surface area (Å²) in [6.45, 7) is 3.65. The Morgan fingerprint density at radius 2 is 1.76 bits per heavy atom. The molecule has 0 spiro atoms. The Labute approximate surface area is 219 Å². The van der Waals surface area contributed by atoms with Crippen LogP contribution in [0.1, 0.15) is 57.5 Å². The number of aryl methyl sites for hydroxylation is 3. The molecule has 0 bridgehead atoms. The molecule has 9 heteroatoms. The third-order valence-electron chi connectivity index (χ3n) is 7.49. The minimum Gasteiger partial charge on any atom is -0.368 e. The van der Waals surface area contributed by atoms with Gasteiger partial charge in [0, 0.05) is 30.0 Å². The lowest BCUT2D eigenvalue weighted by atomic mass is 9.76. The van der Waals surface area contributed by atoms with Crippen LogP contribution in [0.5, 0.6) is 0 Å². The van der Waals surface area contributed by atoms with E-state index in [9.17, 15) is 18.8 Å². The minimum absolute atomic E-state index is 0.236. The summed E-state index contributed by atoms with van der Waals surface area (Å²) in [5.41, 5.74) is 8.93. The minimum atomic E-state index is -1.13. The van der Waals surface area contributed by atoms with Gasteiger partial charge >= 0.3 is 0 Å². The summed E-state index contributed by atoms with van der Waals surface area (Å²) < 4.78 is 15.4. The number of Topliss-reactive ketones (excluding diaryl/α,β-unsaturated/α-hetero) is 1. The van der Waals surface area contributed by atoms with Crippen molar-refractivity contribution >= 4 is 29.2 Å². The molecule has 4 unspecified atom stereocenters. The van der Waals surface area contributed by atoms with Gasteiger partial charge in [0.2, 0.25) is 11.8 Å². The van der Waals surface area contributed by atoms with Crippen LogP contribution in [0.4, 0.5) is 4.39 Å². The average molecular weight is 523 g/mol. The zero-order valence-electron chi connectivity index (χ0n) is 20.8. The van der Waals surface area contributed by atoms with Crippen LogP contribution in [0.25, 0.3) is 0 Å². The third kappa shape index (κ3) is 4.33. The average Bonchev–Trinajstić information content (AvgIpc) is 3.60. The summed E-state index contributed by atoms with van der Waals surface area (Å²) >= 11 is 6.73. The summed E-state index contributed by atoms with van der Waals surface area (Å²) in [7, 11) is 1.68. The first-order chi connectivity index (χ1) is 17.6. The highest BCUT2D eigenvalue weighted by atomic mass is 35.5. The van der Waals surface area contributed by atoms with Crippen molar-refractivity contribution in [2.75, 3.05) is 0 Å². The van der Waals surface area contributed by atoms with E-state index < -0.39 is 35.6 Å². The molecule has 1 aromatic heterocycles. The largest absolute Gasteiger partial charge is 0.368 e. The first-order valence-corrected chi connectivity index (χ1v) is 12.6. The number of halogens is 2. The standard InChI is InChI=1S/C28H28ClFN4O3/c1-14-5-4-6-18(13-14)25(35)22-21(16-9-11-19(30)12-10-16)24(27(31)36)34(28(37)17-7-8-17)23(22)20-15(2)32-33(3)26(20)29/h4-6,9-13,17,21-24H,7-8H2,1-3H3,(H2,31,36). The fraction of sp³-hybridized carbons (Fsp3) is 0.357. The monoisotopic (exact) mass is 522 g/mol. The van der Waals surface area contributed by atoms with Gasteiger partial charge in [-0.15, -0.1) is 0 Å². The van der Waals surface area contributed by atoms with Gasteiger partial charge in [0.05, 0.1) is 17.7 Å². The molecule has 2 fully saturated rings. The van der Waals surface area contributed by atoms with Crippen molar-refractivity contribution in [3.05, 3.63) is 87.4 Å². The summed E-state index contributed by atoms with van der Waals surface area (Å²) in [6.07, 6.45) is 1.40. The van der Waals surface area contributed by atoms with Gasteiger partial charge in [-0.05, 0) is 50.5 Å². The van der Waals surface area contributed by atoms with Gasteiger partial charge in [0.25, 0.3) is 0 Å². The van der Waals surface area contributed by atoms with E-state index in [4.69, 9.17) is 17.3 Å². The van der Waals surface area contributed by atoms with Crippen LogP contribution in [0, 0.1) is 31.5 Å². The van der Waals surface area contributed by atoms with Crippen molar-refractivity contribution in [1.82, 2.24) is 14.7 Å². The van der Waals surface area contributed by atoms with Crippen LogP contribution in [0.15, 0.2) is 48.5 Å². The van der Waals surface area contributed by atoms with Crippen molar-refractivity contribution < 1.29 is 18.8 Å². The van der Waals surface area contributed by atoms with E-state index in [1.807, 2.05) is 13.0 Å². The first kappa shape index (κ1) is 25.1. The Bertz CT molecular complexity index is 1400. The molecule has 5 rings (SSSR count). The number of ketones is 1. The van der Waals surface area contributed by atoms with Gasteiger partial charge in [-0.2, -0.15) is 5.10 Å². The van der Waals surface area contributed by atoms with Gasteiger partial charge in [-0.3, -0.25) is 19.1 Å². The molecule has 1 aliphatic heterocycles. The molecule has 7 nitrogen and oxygen atoms in total. The number of amides is 2. The smallest absolute Gasteiger partial charge is 0.240 e. The van der Waals surface area contributed by atoms with E-state index in [0.29, 0.717) is 35.2 Å². The molecule has 2 amide bonds. The number of carbonyl (C=O) groups is 3. The number of hydrogen-bond acceptors (Lipinski definition) is 4. The Morgan fingerprint density at radius 1 is 1.08 bits per heavy atom. The van der Waals surface area contributed by atoms with Gasteiger partial charge in [0.15, 0.2) is 5.78 Å². The van der Waals surface area contributed by atoms with Gasteiger partial charge < -0.3 is 10.6 Å². The number of likely N-dealkylation sites (tertiary alicyclic amines) is 1. The second-order valence-corrected chi connectivity index (χ2v) is 10.4. The zero-order valence-corrected chi connectivity index (χ0v) is 21.6.